The summed E-state index contributed by atoms with van der Waals surface area (Å²) in [6, 6.07) is 5.33. The predicted molar refractivity (Wildman–Crippen MR) is 100 cm³/mol. The van der Waals surface area contributed by atoms with Crippen LogP contribution in [0.4, 0.5) is 11.4 Å². The van der Waals surface area contributed by atoms with Crippen LogP contribution in [0.5, 0.6) is 0 Å². The van der Waals surface area contributed by atoms with E-state index in [1.807, 2.05) is 13.0 Å². The molecule has 0 unspecified atom stereocenters. The van der Waals surface area contributed by atoms with Crippen LogP contribution in [0, 0.1) is 20.8 Å². The van der Waals surface area contributed by atoms with E-state index in [-0.39, 0.29) is 24.1 Å². The molecule has 1 heterocycles. The van der Waals surface area contributed by atoms with Crippen LogP contribution in [-0.2, 0) is 16.1 Å². The van der Waals surface area contributed by atoms with E-state index in [9.17, 15) is 14.4 Å². The van der Waals surface area contributed by atoms with Gasteiger partial charge in [0.25, 0.3) is 0 Å². The van der Waals surface area contributed by atoms with Gasteiger partial charge in [-0.05, 0) is 45.4 Å². The molecule has 0 aliphatic carbocycles. The van der Waals surface area contributed by atoms with Crippen LogP contribution >= 0.6 is 0 Å². The first-order chi connectivity index (χ1) is 12.2. The van der Waals surface area contributed by atoms with Gasteiger partial charge < -0.3 is 10.6 Å². The molecule has 0 aliphatic heterocycles. The van der Waals surface area contributed by atoms with Gasteiger partial charge in [0.2, 0.25) is 11.8 Å². The molecule has 0 saturated carbocycles. The minimum absolute atomic E-state index is 0.00445. The number of aryl methyl sites for hydroxylation is 2. The van der Waals surface area contributed by atoms with Crippen molar-refractivity contribution in [1.29, 1.82) is 0 Å². The second kappa shape index (κ2) is 7.95. The SMILES string of the molecule is CCC(=O)Nc1cc(NC(=O)Cn2nc(C)c(C(C)=O)c2C)ccc1C. The van der Waals surface area contributed by atoms with Gasteiger partial charge in [-0.15, -0.1) is 0 Å². The molecule has 1 aromatic heterocycles. The van der Waals surface area contributed by atoms with E-state index in [1.54, 1.807) is 32.9 Å². The van der Waals surface area contributed by atoms with Crippen LogP contribution in [-0.4, -0.2) is 27.4 Å². The van der Waals surface area contributed by atoms with Crippen molar-refractivity contribution in [2.75, 3.05) is 10.6 Å². The Morgan fingerprint density at radius 2 is 1.77 bits per heavy atom. The van der Waals surface area contributed by atoms with Gasteiger partial charge in [0.15, 0.2) is 5.78 Å². The highest BCUT2D eigenvalue weighted by Gasteiger charge is 2.17. The van der Waals surface area contributed by atoms with Crippen molar-refractivity contribution in [2.24, 2.45) is 0 Å². The highest BCUT2D eigenvalue weighted by molar-refractivity contribution is 5.97. The third-order valence-corrected chi connectivity index (χ3v) is 4.14. The second-order valence-corrected chi connectivity index (χ2v) is 6.24. The lowest BCUT2D eigenvalue weighted by molar-refractivity contribution is -0.117. The third kappa shape index (κ3) is 4.36. The number of aromatic nitrogens is 2. The summed E-state index contributed by atoms with van der Waals surface area (Å²) in [4.78, 5) is 35.6. The lowest BCUT2D eigenvalue weighted by atomic mass is 10.1. The molecule has 2 rings (SSSR count). The largest absolute Gasteiger partial charge is 0.326 e. The number of hydrogen-bond donors (Lipinski definition) is 2. The second-order valence-electron chi connectivity index (χ2n) is 6.24. The van der Waals surface area contributed by atoms with E-state index >= 15 is 0 Å². The molecule has 2 N–H and O–H groups in total. The Bertz CT molecular complexity index is 868. The minimum atomic E-state index is -0.262. The molecule has 138 valence electrons. The number of nitrogens with one attached hydrogen (secondary N) is 2. The summed E-state index contributed by atoms with van der Waals surface area (Å²) in [5, 5.41) is 9.88. The third-order valence-electron chi connectivity index (χ3n) is 4.14. The van der Waals surface area contributed by atoms with Gasteiger partial charge in [-0.25, -0.2) is 0 Å². The van der Waals surface area contributed by atoms with Crippen molar-refractivity contribution in [3.63, 3.8) is 0 Å². The molecule has 0 radical (unpaired) electrons. The van der Waals surface area contributed by atoms with E-state index in [0.29, 0.717) is 34.7 Å². The van der Waals surface area contributed by atoms with E-state index < -0.39 is 0 Å². The summed E-state index contributed by atoms with van der Waals surface area (Å²) < 4.78 is 1.52. The Kier molecular flexibility index (Phi) is 5.92. The monoisotopic (exact) mass is 356 g/mol. The van der Waals surface area contributed by atoms with Gasteiger partial charge >= 0.3 is 0 Å². The standard InChI is InChI=1S/C19H24N4O3/c1-6-17(25)21-16-9-15(8-7-11(16)2)20-18(26)10-23-13(4)19(14(5)24)12(3)22-23/h7-9H,6,10H2,1-5H3,(H,20,26)(H,21,25). The lowest BCUT2D eigenvalue weighted by Crippen LogP contribution is -2.20. The maximum absolute atomic E-state index is 12.4. The molecule has 7 heteroatoms. The summed E-state index contributed by atoms with van der Waals surface area (Å²) in [5.74, 6) is -0.417. The van der Waals surface area contributed by atoms with E-state index in [2.05, 4.69) is 15.7 Å². The number of rotatable bonds is 6. The van der Waals surface area contributed by atoms with Gasteiger partial charge in [-0.1, -0.05) is 13.0 Å². The topological polar surface area (TPSA) is 93.1 Å². The minimum Gasteiger partial charge on any atom is -0.326 e. The Labute approximate surface area is 152 Å². The van der Waals surface area contributed by atoms with Crippen molar-refractivity contribution in [1.82, 2.24) is 9.78 Å². The van der Waals surface area contributed by atoms with Gasteiger partial charge in [0.1, 0.15) is 6.54 Å². The first-order valence-corrected chi connectivity index (χ1v) is 8.48. The van der Waals surface area contributed by atoms with Crippen LogP contribution in [0.3, 0.4) is 0 Å². The average molecular weight is 356 g/mol. The number of ketones is 1. The number of nitrogens with zero attached hydrogens (tertiary/aromatic N) is 2. The van der Waals surface area contributed by atoms with E-state index in [1.165, 1.54) is 11.6 Å². The lowest BCUT2D eigenvalue weighted by Gasteiger charge is -2.11. The van der Waals surface area contributed by atoms with Crippen LogP contribution in [0.2, 0.25) is 0 Å². The number of benzene rings is 1. The van der Waals surface area contributed by atoms with Crippen molar-refractivity contribution in [3.05, 3.63) is 40.7 Å². The molecule has 0 bridgehead atoms. The molecule has 1 aromatic carbocycles. The quantitative estimate of drug-likeness (QED) is 0.778. The van der Waals surface area contributed by atoms with Crippen molar-refractivity contribution < 1.29 is 14.4 Å². The maximum atomic E-state index is 12.4. The Balaban J connectivity index is 2.13. The fourth-order valence-electron chi connectivity index (χ4n) is 2.77. The summed E-state index contributed by atoms with van der Waals surface area (Å²) in [6.45, 7) is 8.68. The van der Waals surface area contributed by atoms with E-state index in [4.69, 9.17) is 0 Å². The zero-order chi connectivity index (χ0) is 19.4. The number of anilines is 2. The number of hydrogen-bond acceptors (Lipinski definition) is 4. The van der Waals surface area contributed by atoms with Crippen LogP contribution in [0.25, 0.3) is 0 Å². The summed E-state index contributed by atoms with van der Waals surface area (Å²) in [7, 11) is 0. The molecular formula is C19H24N4O3. The highest BCUT2D eigenvalue weighted by atomic mass is 16.2. The fourth-order valence-corrected chi connectivity index (χ4v) is 2.77. The summed E-state index contributed by atoms with van der Waals surface area (Å²) in [6.07, 6.45) is 0.381. The Morgan fingerprint density at radius 1 is 1.08 bits per heavy atom. The fraction of sp³-hybridized carbons (Fsp3) is 0.368. The number of carbonyl (C=O) groups excluding carboxylic acids is 3. The Morgan fingerprint density at radius 3 is 2.35 bits per heavy atom. The van der Waals surface area contributed by atoms with Gasteiger partial charge in [0, 0.05) is 23.5 Å². The molecule has 2 amide bonds. The normalized spacial score (nSPS) is 10.5. The zero-order valence-electron chi connectivity index (χ0n) is 15.8. The molecule has 26 heavy (non-hydrogen) atoms. The number of carbonyl (C=O) groups is 3. The average Bonchev–Trinajstić information content (AvgIpc) is 2.84. The molecular weight excluding hydrogens is 332 g/mol. The number of Topliss-reactive ketones (excluding diaryl/α,β-unsaturated/α-hetero) is 1. The van der Waals surface area contributed by atoms with Gasteiger partial charge in [-0.3, -0.25) is 19.1 Å². The van der Waals surface area contributed by atoms with Crippen molar-refractivity contribution >= 4 is 29.0 Å². The molecule has 0 saturated heterocycles. The Hall–Kier alpha value is -2.96. The first-order valence-electron chi connectivity index (χ1n) is 8.48. The number of amides is 2. The molecule has 2 aromatic rings. The zero-order valence-corrected chi connectivity index (χ0v) is 15.8. The van der Waals surface area contributed by atoms with Crippen LogP contribution in [0.1, 0.15) is 47.6 Å². The molecule has 7 nitrogen and oxygen atoms in total. The molecule has 0 atom stereocenters. The van der Waals surface area contributed by atoms with Crippen molar-refractivity contribution in [3.8, 4) is 0 Å². The highest BCUT2D eigenvalue weighted by Crippen LogP contribution is 2.21. The van der Waals surface area contributed by atoms with Gasteiger partial charge in [0.05, 0.1) is 11.3 Å². The smallest absolute Gasteiger partial charge is 0.246 e. The predicted octanol–water partition coefficient (Wildman–Crippen LogP) is 3.00. The molecule has 0 fully saturated rings. The first kappa shape index (κ1) is 19.4. The van der Waals surface area contributed by atoms with Crippen LogP contribution < -0.4 is 10.6 Å². The molecule has 0 spiro atoms. The van der Waals surface area contributed by atoms with Gasteiger partial charge in [-0.2, -0.15) is 5.10 Å². The van der Waals surface area contributed by atoms with Crippen LogP contribution in [0.15, 0.2) is 18.2 Å². The van der Waals surface area contributed by atoms with Crippen molar-refractivity contribution in [2.45, 2.75) is 47.6 Å². The summed E-state index contributed by atoms with van der Waals surface area (Å²) >= 11 is 0. The molecule has 0 aliphatic rings. The summed E-state index contributed by atoms with van der Waals surface area (Å²) in [5.41, 5.74) is 4.00. The van der Waals surface area contributed by atoms with E-state index in [0.717, 1.165) is 5.56 Å². The maximum Gasteiger partial charge on any atom is 0.246 e.